The zero-order valence-electron chi connectivity index (χ0n) is 12.3. The Balaban J connectivity index is 0.00000110. The second kappa shape index (κ2) is 9.69. The third-order valence-electron chi connectivity index (χ3n) is 3.96. The molecular formula is C18H20I2Ti. The van der Waals surface area contributed by atoms with Crippen molar-refractivity contribution in [3.05, 3.63) is 63.1 Å². The van der Waals surface area contributed by atoms with Crippen LogP contribution in [0, 0.1) is 0 Å². The van der Waals surface area contributed by atoms with E-state index in [4.69, 9.17) is 0 Å². The van der Waals surface area contributed by atoms with Gasteiger partial charge in [0.15, 0.2) is 0 Å². The van der Waals surface area contributed by atoms with Gasteiger partial charge in [0.2, 0.25) is 0 Å². The molecule has 0 N–H and O–H groups in total. The van der Waals surface area contributed by atoms with E-state index in [2.05, 4.69) is 55.5 Å². The monoisotopic (exact) mass is 538 g/mol. The van der Waals surface area contributed by atoms with Crippen LogP contribution in [0.3, 0.4) is 0 Å². The Kier molecular flexibility index (Phi) is 9.07. The van der Waals surface area contributed by atoms with Gasteiger partial charge in [0.05, 0.1) is 0 Å². The molecule has 2 aliphatic rings. The molecule has 1 aromatic carbocycles. The molecule has 0 radical (unpaired) electrons. The van der Waals surface area contributed by atoms with Crippen molar-refractivity contribution in [2.24, 2.45) is 0 Å². The van der Waals surface area contributed by atoms with E-state index in [-0.39, 0.29) is 67.1 Å². The molecule has 0 saturated heterocycles. The summed E-state index contributed by atoms with van der Waals surface area (Å²) in [5.74, 6) is 0. The van der Waals surface area contributed by atoms with Crippen molar-refractivity contribution in [2.75, 3.05) is 0 Å². The summed E-state index contributed by atoms with van der Waals surface area (Å²) < 4.78 is 2.52. The fraction of sp³-hybridized carbons (Fsp3) is 0.333. The summed E-state index contributed by atoms with van der Waals surface area (Å²) in [6.45, 7) is 2.28. The summed E-state index contributed by atoms with van der Waals surface area (Å²) in [5, 5.41) is 0. The fourth-order valence-corrected chi connectivity index (χ4v) is 5.39. The molecule has 3 rings (SSSR count). The minimum absolute atomic E-state index is 0. The van der Waals surface area contributed by atoms with E-state index in [9.17, 15) is 0 Å². The van der Waals surface area contributed by atoms with Crippen LogP contribution in [0.25, 0.3) is 6.08 Å². The average Bonchev–Trinajstić information content (AvgIpc) is 3.05. The summed E-state index contributed by atoms with van der Waals surface area (Å²) in [6, 6.07) is 8.90. The van der Waals surface area contributed by atoms with Crippen molar-refractivity contribution >= 4 is 6.08 Å². The van der Waals surface area contributed by atoms with E-state index in [1.165, 1.54) is 31.2 Å². The first kappa shape index (κ1) is 19.7. The third kappa shape index (κ3) is 4.79. The zero-order chi connectivity index (χ0) is 13.1. The normalized spacial score (nSPS) is 18.0. The Hall–Kier alpha value is 0.614. The maximum Gasteiger partial charge on any atom is -1.00 e. The molecular weight excluding hydrogens is 518 g/mol. The Labute approximate surface area is 171 Å². The minimum atomic E-state index is -0.0498. The van der Waals surface area contributed by atoms with Gasteiger partial charge >= 0.3 is 125 Å². The molecule has 3 heteroatoms. The molecule has 110 valence electrons. The van der Waals surface area contributed by atoms with E-state index in [0.717, 1.165) is 4.22 Å². The van der Waals surface area contributed by atoms with Crippen molar-refractivity contribution in [1.29, 1.82) is 0 Å². The van der Waals surface area contributed by atoms with Crippen molar-refractivity contribution in [1.82, 2.24) is 0 Å². The topological polar surface area (TPSA) is 0 Å². The van der Waals surface area contributed by atoms with Gasteiger partial charge < -0.3 is 48.0 Å². The third-order valence-corrected chi connectivity index (χ3v) is 6.59. The molecule has 0 aliphatic heterocycles. The van der Waals surface area contributed by atoms with Crippen molar-refractivity contribution in [3.8, 4) is 0 Å². The second-order valence-electron chi connectivity index (χ2n) is 5.32. The predicted octanol–water partition coefficient (Wildman–Crippen LogP) is -0.751. The molecule has 0 spiro atoms. The van der Waals surface area contributed by atoms with E-state index in [0.29, 0.717) is 0 Å². The van der Waals surface area contributed by atoms with Crippen molar-refractivity contribution in [2.45, 2.75) is 36.8 Å². The summed E-state index contributed by atoms with van der Waals surface area (Å²) in [7, 11) is 0. The average molecular weight is 538 g/mol. The van der Waals surface area contributed by atoms with Gasteiger partial charge in [0, 0.05) is 0 Å². The number of benzene rings is 1. The van der Waals surface area contributed by atoms with Crippen LogP contribution >= 0.6 is 0 Å². The van der Waals surface area contributed by atoms with Crippen molar-refractivity contribution < 1.29 is 67.1 Å². The standard InChI is InChI=1S/C9H7.C9H13.2HI.Ti/c1-2-5-9-7-3-6-8(9)4-1;1-2-3-6-9-7-4-5-8-9;;;/h1-7H;4,7H,2-3,5-6H2,1H3;2*1H;/q;;;;+2/p-2. The van der Waals surface area contributed by atoms with Crippen LogP contribution in [0.5, 0.6) is 0 Å². The maximum atomic E-state index is 2.44. The molecule has 0 saturated carbocycles. The molecule has 1 aromatic rings. The Bertz CT molecular complexity index is 558. The molecule has 0 fully saturated rings. The summed E-state index contributed by atoms with van der Waals surface area (Å²) in [6.07, 6.45) is 14.7. The van der Waals surface area contributed by atoms with Crippen LogP contribution in [0.2, 0.25) is 0 Å². The Morgan fingerprint density at radius 3 is 2.76 bits per heavy atom. The molecule has 0 aromatic heterocycles. The summed E-state index contributed by atoms with van der Waals surface area (Å²) in [4.78, 5) is 0. The maximum absolute atomic E-state index is 2.44. The van der Waals surface area contributed by atoms with Crippen LogP contribution < -0.4 is 48.0 Å². The van der Waals surface area contributed by atoms with E-state index in [1.54, 1.807) is 15.0 Å². The quantitative estimate of drug-likeness (QED) is 0.343. The van der Waals surface area contributed by atoms with Gasteiger partial charge in [0.25, 0.3) is 0 Å². The van der Waals surface area contributed by atoms with Crippen LogP contribution in [0.15, 0.2) is 51.9 Å². The first-order chi connectivity index (χ1) is 9.38. The smallest absolute Gasteiger partial charge is 1.00 e. The van der Waals surface area contributed by atoms with Gasteiger partial charge in [0.1, 0.15) is 0 Å². The van der Waals surface area contributed by atoms with Gasteiger partial charge in [-0.3, -0.25) is 0 Å². The number of unbranched alkanes of at least 4 members (excludes halogenated alkanes) is 1. The van der Waals surface area contributed by atoms with E-state index in [1.807, 2.05) is 0 Å². The van der Waals surface area contributed by atoms with E-state index < -0.39 is 0 Å². The molecule has 0 nitrogen and oxygen atoms in total. The Morgan fingerprint density at radius 1 is 1.14 bits per heavy atom. The first-order valence-electron chi connectivity index (χ1n) is 7.30. The summed E-state index contributed by atoms with van der Waals surface area (Å²) >= 11 is -0.0498. The van der Waals surface area contributed by atoms with Gasteiger partial charge in [-0.05, 0) is 0 Å². The minimum Gasteiger partial charge on any atom is -1.00 e. The SMILES string of the molecule is CCCCC1=[C]([Ti+2][CH]2C=Cc3ccccc32)CC=C1.[I-].[I-]. The van der Waals surface area contributed by atoms with Gasteiger partial charge in [-0.15, -0.1) is 0 Å². The number of allylic oxidation sites excluding steroid dienone is 5. The van der Waals surface area contributed by atoms with Gasteiger partial charge in [-0.2, -0.15) is 0 Å². The number of fused-ring (bicyclic) bond motifs is 1. The number of rotatable bonds is 5. The van der Waals surface area contributed by atoms with Crippen molar-refractivity contribution in [3.63, 3.8) is 0 Å². The molecule has 0 bridgehead atoms. The first-order valence-corrected chi connectivity index (χ1v) is 8.99. The van der Waals surface area contributed by atoms with Crippen LogP contribution in [-0.2, 0) is 19.2 Å². The fourth-order valence-electron chi connectivity index (χ4n) is 2.87. The van der Waals surface area contributed by atoms with Crippen LogP contribution in [-0.4, -0.2) is 0 Å². The number of hydrogen-bond acceptors (Lipinski definition) is 0. The van der Waals surface area contributed by atoms with Crippen LogP contribution in [0.1, 0.15) is 48.0 Å². The largest absolute Gasteiger partial charge is 1.00 e. The second-order valence-corrected chi connectivity index (χ2v) is 7.69. The number of hydrogen-bond donors (Lipinski definition) is 0. The van der Waals surface area contributed by atoms with Gasteiger partial charge in [-0.1, -0.05) is 0 Å². The molecule has 1 atom stereocenters. The Morgan fingerprint density at radius 2 is 1.95 bits per heavy atom. The molecule has 2 aliphatic carbocycles. The molecule has 0 heterocycles. The zero-order valence-corrected chi connectivity index (χ0v) is 18.2. The molecule has 1 unspecified atom stereocenters. The molecule has 0 amide bonds. The number of halogens is 2. The summed E-state index contributed by atoms with van der Waals surface area (Å²) in [5.41, 5.74) is 4.68. The van der Waals surface area contributed by atoms with Crippen LogP contribution in [0.4, 0.5) is 0 Å². The predicted molar refractivity (Wildman–Crippen MR) is 78.5 cm³/mol. The molecule has 21 heavy (non-hydrogen) atoms. The van der Waals surface area contributed by atoms with E-state index >= 15 is 0 Å². The van der Waals surface area contributed by atoms with Gasteiger partial charge in [-0.25, -0.2) is 0 Å².